The Bertz CT molecular complexity index is 1210. The lowest BCUT2D eigenvalue weighted by Gasteiger charge is -2.32. The van der Waals surface area contributed by atoms with E-state index in [2.05, 4.69) is 28.0 Å². The minimum absolute atomic E-state index is 0.0160. The van der Waals surface area contributed by atoms with E-state index in [0.717, 1.165) is 50.8 Å². The van der Waals surface area contributed by atoms with Crippen LogP contribution in [0.25, 0.3) is 0 Å². The van der Waals surface area contributed by atoms with Crippen LogP contribution in [0.3, 0.4) is 0 Å². The first-order chi connectivity index (χ1) is 25.8. The number of amides is 4. The van der Waals surface area contributed by atoms with E-state index in [1.807, 2.05) is 11.0 Å². The van der Waals surface area contributed by atoms with Crippen LogP contribution in [0.4, 0.5) is 4.79 Å². The van der Waals surface area contributed by atoms with Crippen LogP contribution in [0, 0.1) is 5.92 Å². The highest BCUT2D eigenvalue weighted by atomic mass is 16.6. The zero-order chi connectivity index (χ0) is 38.4. The maximum absolute atomic E-state index is 12.7. The number of piperidine rings is 1. The fourth-order valence-electron chi connectivity index (χ4n) is 6.27. The largest absolute Gasteiger partial charge is 0.480 e. The van der Waals surface area contributed by atoms with Crippen molar-refractivity contribution in [1.82, 2.24) is 20.9 Å². The molecule has 0 aromatic heterocycles. The predicted molar refractivity (Wildman–Crippen MR) is 205 cm³/mol. The van der Waals surface area contributed by atoms with Gasteiger partial charge in [-0.15, -0.1) is 0 Å². The number of oxime groups is 1. The number of hydrogen-bond acceptors (Lipinski definition) is 8. The van der Waals surface area contributed by atoms with Crippen molar-refractivity contribution in [3.05, 3.63) is 35.9 Å². The number of unbranched alkanes of at least 4 members (excludes halogenated alkanes) is 12. The highest BCUT2D eigenvalue weighted by molar-refractivity contribution is 5.88. The first-order valence-electron chi connectivity index (χ1n) is 19.9. The molecule has 2 rings (SSSR count). The number of carboxylic acid groups (broad SMARTS) is 1. The number of likely N-dealkylation sites (tertiary alicyclic amines) is 1. The van der Waals surface area contributed by atoms with E-state index in [0.29, 0.717) is 18.9 Å². The van der Waals surface area contributed by atoms with E-state index in [1.54, 1.807) is 24.3 Å². The summed E-state index contributed by atoms with van der Waals surface area (Å²) in [5, 5.41) is 20.0. The number of nitrogens with zero attached hydrogens (tertiary/aromatic N) is 2. The Hall–Kier alpha value is -4.16. The van der Waals surface area contributed by atoms with E-state index in [9.17, 15) is 24.0 Å². The van der Waals surface area contributed by atoms with Gasteiger partial charge in [-0.05, 0) is 43.6 Å². The first kappa shape index (κ1) is 45.0. The number of carbonyl (C=O) groups excluding carboxylic acids is 4. The smallest absolute Gasteiger partial charge is 0.408 e. The van der Waals surface area contributed by atoms with Crippen molar-refractivity contribution in [3.63, 3.8) is 0 Å². The van der Waals surface area contributed by atoms with Crippen LogP contribution >= 0.6 is 0 Å². The van der Waals surface area contributed by atoms with E-state index >= 15 is 0 Å². The third-order valence-electron chi connectivity index (χ3n) is 9.51. The Labute approximate surface area is 316 Å². The van der Waals surface area contributed by atoms with Gasteiger partial charge in [0.05, 0.1) is 12.8 Å². The fraction of sp³-hybridized carbons (Fsp3) is 0.700. The number of aliphatic carboxylic acids is 1. The van der Waals surface area contributed by atoms with E-state index in [4.69, 9.17) is 14.7 Å². The molecular weight excluding hydrogens is 678 g/mol. The van der Waals surface area contributed by atoms with Gasteiger partial charge in [0, 0.05) is 25.9 Å². The number of benzene rings is 1. The summed E-state index contributed by atoms with van der Waals surface area (Å²) in [6.45, 7) is 3.76. The number of carboxylic acids is 1. The van der Waals surface area contributed by atoms with Gasteiger partial charge in [-0.3, -0.25) is 19.2 Å². The van der Waals surface area contributed by atoms with E-state index < -0.39 is 30.6 Å². The summed E-state index contributed by atoms with van der Waals surface area (Å²) in [5.41, 5.74) is 0.753. The van der Waals surface area contributed by atoms with Gasteiger partial charge < -0.3 is 35.5 Å². The first-order valence-corrected chi connectivity index (χ1v) is 19.9. The molecule has 298 valence electrons. The molecule has 0 unspecified atom stereocenters. The average molecular weight is 744 g/mol. The van der Waals surface area contributed by atoms with Gasteiger partial charge in [-0.25, -0.2) is 4.79 Å². The second-order valence-corrected chi connectivity index (χ2v) is 13.9. The standard InChI is InChI=1S/C40H65N5O8/c1-2-3-4-5-6-7-8-9-10-11-12-13-17-20-37(47)45-28-23-33(24-29-45)25-30-53-43-27-26-41-36(46)22-21-35(39(50)42-31-38(48)49)44-40(51)52-32-34-18-15-14-16-19-34/h14-16,18-19,27,33,35H,2-13,17,20-26,28-32H2,1H3,(H,41,46)(H,42,50)(H,44,51)(H,48,49)/b43-27+/t35-/m0/s1. The molecule has 1 aliphatic rings. The highest BCUT2D eigenvalue weighted by Crippen LogP contribution is 2.22. The van der Waals surface area contributed by atoms with E-state index in [1.165, 1.54) is 76.8 Å². The Morgan fingerprint density at radius 3 is 2.11 bits per heavy atom. The third kappa shape index (κ3) is 23.2. The quantitative estimate of drug-likeness (QED) is 0.0409. The van der Waals surface area contributed by atoms with Crippen molar-refractivity contribution in [3.8, 4) is 0 Å². The van der Waals surface area contributed by atoms with Gasteiger partial charge in [-0.2, -0.15) is 0 Å². The Morgan fingerprint density at radius 1 is 0.868 bits per heavy atom. The van der Waals surface area contributed by atoms with Gasteiger partial charge in [0.2, 0.25) is 17.7 Å². The van der Waals surface area contributed by atoms with Gasteiger partial charge in [0.15, 0.2) is 0 Å². The molecular formula is C40H65N5O8. The molecule has 1 saturated heterocycles. The van der Waals surface area contributed by atoms with Crippen LogP contribution in [-0.4, -0.2) is 84.8 Å². The number of alkyl carbamates (subject to hydrolysis) is 1. The Balaban J connectivity index is 1.50. The van der Waals surface area contributed by atoms with Crippen LogP contribution in [0.1, 0.15) is 134 Å². The molecule has 13 nitrogen and oxygen atoms in total. The molecule has 1 heterocycles. The van der Waals surface area contributed by atoms with Crippen LogP contribution < -0.4 is 16.0 Å². The van der Waals surface area contributed by atoms with Gasteiger partial charge in [0.25, 0.3) is 0 Å². The number of carbonyl (C=O) groups is 5. The van der Waals surface area contributed by atoms with Crippen LogP contribution in [0.5, 0.6) is 0 Å². The highest BCUT2D eigenvalue weighted by Gasteiger charge is 2.24. The number of hydrogen-bond donors (Lipinski definition) is 4. The molecule has 1 aromatic carbocycles. The molecule has 0 saturated carbocycles. The molecule has 1 atom stereocenters. The molecule has 1 aromatic rings. The van der Waals surface area contributed by atoms with Gasteiger partial charge >= 0.3 is 12.1 Å². The topological polar surface area (TPSA) is 176 Å². The van der Waals surface area contributed by atoms with E-state index in [-0.39, 0.29) is 37.8 Å². The molecule has 0 aliphatic carbocycles. The Kier molecular flexibility index (Phi) is 24.9. The van der Waals surface area contributed by atoms with Crippen LogP contribution in [0.15, 0.2) is 35.5 Å². The number of ether oxygens (including phenoxy) is 1. The van der Waals surface area contributed by atoms with Crippen molar-refractivity contribution >= 4 is 36.0 Å². The van der Waals surface area contributed by atoms with Crippen molar-refractivity contribution in [2.24, 2.45) is 11.1 Å². The second-order valence-electron chi connectivity index (χ2n) is 13.9. The molecule has 0 spiro atoms. The third-order valence-corrected chi connectivity index (χ3v) is 9.51. The zero-order valence-electron chi connectivity index (χ0n) is 32.0. The lowest BCUT2D eigenvalue weighted by molar-refractivity contribution is -0.138. The summed E-state index contributed by atoms with van der Waals surface area (Å²) in [6.07, 6.45) is 20.7. The molecule has 1 aliphatic heterocycles. The summed E-state index contributed by atoms with van der Waals surface area (Å²) in [5.74, 6) is -1.61. The molecule has 0 bridgehead atoms. The van der Waals surface area contributed by atoms with Crippen LogP contribution in [0.2, 0.25) is 0 Å². The normalized spacial score (nSPS) is 13.7. The Morgan fingerprint density at radius 2 is 1.49 bits per heavy atom. The second kappa shape index (κ2) is 29.3. The summed E-state index contributed by atoms with van der Waals surface area (Å²) in [4.78, 5) is 68.1. The summed E-state index contributed by atoms with van der Waals surface area (Å²) in [7, 11) is 0. The van der Waals surface area contributed by atoms with Crippen molar-refractivity contribution in [2.75, 3.05) is 32.8 Å². The van der Waals surface area contributed by atoms with Crippen LogP contribution in [-0.2, 0) is 35.4 Å². The molecule has 53 heavy (non-hydrogen) atoms. The summed E-state index contributed by atoms with van der Waals surface area (Å²) >= 11 is 0. The number of rotatable bonds is 29. The van der Waals surface area contributed by atoms with Crippen molar-refractivity contribution < 1.29 is 38.7 Å². The summed E-state index contributed by atoms with van der Waals surface area (Å²) in [6, 6.07) is 7.80. The lowest BCUT2D eigenvalue weighted by atomic mass is 9.93. The predicted octanol–water partition coefficient (Wildman–Crippen LogP) is 6.49. The maximum atomic E-state index is 12.7. The van der Waals surface area contributed by atoms with Gasteiger partial charge in [0.1, 0.15) is 25.8 Å². The fourth-order valence-corrected chi connectivity index (χ4v) is 6.27. The molecule has 4 N–H and O–H groups in total. The zero-order valence-corrected chi connectivity index (χ0v) is 32.0. The SMILES string of the molecule is CCCCCCCCCCCCCCCC(=O)N1CCC(CCO/N=C/CNC(=O)CC[C@H](NC(=O)OCc2ccccc2)C(=O)NCC(=O)O)CC1. The minimum atomic E-state index is -1.24. The molecule has 1 fully saturated rings. The number of nitrogens with one attached hydrogen (secondary N) is 3. The minimum Gasteiger partial charge on any atom is -0.480 e. The summed E-state index contributed by atoms with van der Waals surface area (Å²) < 4.78 is 5.15. The average Bonchev–Trinajstić information content (AvgIpc) is 3.16. The molecule has 4 amide bonds. The maximum Gasteiger partial charge on any atom is 0.408 e. The molecule has 13 heteroatoms. The van der Waals surface area contributed by atoms with Crippen molar-refractivity contribution in [1.29, 1.82) is 0 Å². The molecule has 0 radical (unpaired) electrons. The monoisotopic (exact) mass is 743 g/mol. The van der Waals surface area contributed by atoms with Gasteiger partial charge in [-0.1, -0.05) is 119 Å². The van der Waals surface area contributed by atoms with Crippen molar-refractivity contribution in [2.45, 2.75) is 142 Å². The lowest BCUT2D eigenvalue weighted by Crippen LogP contribution is -2.48.